The largest absolute Gasteiger partial charge is 0.495 e. The molecule has 1 unspecified atom stereocenters. The lowest BCUT2D eigenvalue weighted by molar-refractivity contribution is 0.415. The van der Waals surface area contributed by atoms with E-state index in [2.05, 4.69) is 56.7 Å². The molecule has 0 aromatic heterocycles. The summed E-state index contributed by atoms with van der Waals surface area (Å²) in [4.78, 5) is 0. The van der Waals surface area contributed by atoms with E-state index in [0.717, 1.165) is 17.0 Å². The van der Waals surface area contributed by atoms with Crippen molar-refractivity contribution >= 4 is 16.7 Å². The van der Waals surface area contributed by atoms with E-state index in [1.807, 2.05) is 6.07 Å². The number of fused-ring (bicyclic) bond motifs is 1. The van der Waals surface area contributed by atoms with E-state index < -0.39 is 11.0 Å². The molecule has 1 aliphatic heterocycles. The lowest BCUT2D eigenvalue weighted by Gasteiger charge is -2.30. The molecule has 3 atom stereocenters. The van der Waals surface area contributed by atoms with Crippen LogP contribution in [-0.2, 0) is 11.0 Å². The molecule has 1 heterocycles. The fraction of sp³-hybridized carbons (Fsp3) is 0.444. The van der Waals surface area contributed by atoms with Gasteiger partial charge in [0, 0.05) is 5.92 Å². The molecule has 0 aliphatic carbocycles. The second-order valence-electron chi connectivity index (χ2n) is 6.14. The van der Waals surface area contributed by atoms with Gasteiger partial charge in [0.2, 0.25) is 0 Å². The number of hydrogen-bond donors (Lipinski definition) is 1. The van der Waals surface area contributed by atoms with Gasteiger partial charge in [-0.1, -0.05) is 36.8 Å². The maximum Gasteiger partial charge on any atom is 0.143 e. The number of anilines is 1. The molecule has 0 amide bonds. The standard InChI is InChI=1S/C18H25NO2S/c1-12(2)7-6-8-14(4)16-11-22(20)19-18-15(16)9-13(3)10-17(18)21-5/h6-10,14,16,19H,11H2,1-5H3/b8-6+/t14-,16-,22?/m1/s1. The number of ether oxygens (including phenoxy) is 1. The molecule has 120 valence electrons. The molecule has 1 aromatic rings. The van der Waals surface area contributed by atoms with Crippen LogP contribution in [0.25, 0.3) is 0 Å². The first-order valence-electron chi connectivity index (χ1n) is 7.57. The summed E-state index contributed by atoms with van der Waals surface area (Å²) in [5, 5.41) is 0. The highest BCUT2D eigenvalue weighted by molar-refractivity contribution is 7.86. The highest BCUT2D eigenvalue weighted by atomic mass is 32.2. The average Bonchev–Trinajstić information content (AvgIpc) is 2.45. The third-order valence-corrected chi connectivity index (χ3v) is 5.02. The Hall–Kier alpha value is -1.55. The molecule has 0 fully saturated rings. The fourth-order valence-corrected chi connectivity index (χ4v) is 4.08. The first-order valence-corrected chi connectivity index (χ1v) is 8.89. The Labute approximate surface area is 136 Å². The van der Waals surface area contributed by atoms with Gasteiger partial charge >= 0.3 is 0 Å². The molecular weight excluding hydrogens is 294 g/mol. The number of nitrogens with one attached hydrogen (secondary N) is 1. The Morgan fingerprint density at radius 2 is 2.18 bits per heavy atom. The van der Waals surface area contributed by atoms with E-state index >= 15 is 0 Å². The third kappa shape index (κ3) is 3.80. The van der Waals surface area contributed by atoms with Crippen LogP contribution in [0.1, 0.15) is 37.8 Å². The highest BCUT2D eigenvalue weighted by Crippen LogP contribution is 2.42. The van der Waals surface area contributed by atoms with Crippen LogP contribution in [0, 0.1) is 12.8 Å². The zero-order valence-electron chi connectivity index (χ0n) is 14.0. The summed E-state index contributed by atoms with van der Waals surface area (Å²) in [7, 11) is 0.590. The molecule has 0 bridgehead atoms. The molecule has 22 heavy (non-hydrogen) atoms. The van der Waals surface area contributed by atoms with Crippen molar-refractivity contribution in [3.63, 3.8) is 0 Å². The van der Waals surface area contributed by atoms with Crippen molar-refractivity contribution in [3.8, 4) is 5.75 Å². The summed E-state index contributed by atoms with van der Waals surface area (Å²) >= 11 is 0. The van der Waals surface area contributed by atoms with Gasteiger partial charge in [-0.2, -0.15) is 0 Å². The summed E-state index contributed by atoms with van der Waals surface area (Å²) in [5.41, 5.74) is 4.52. The minimum absolute atomic E-state index is 0.229. The van der Waals surface area contributed by atoms with Crippen molar-refractivity contribution in [2.24, 2.45) is 5.92 Å². The van der Waals surface area contributed by atoms with E-state index in [4.69, 9.17) is 4.74 Å². The van der Waals surface area contributed by atoms with Crippen LogP contribution in [0.4, 0.5) is 5.69 Å². The smallest absolute Gasteiger partial charge is 0.143 e. The van der Waals surface area contributed by atoms with Crippen molar-refractivity contribution in [3.05, 3.63) is 47.1 Å². The lowest BCUT2D eigenvalue weighted by Crippen LogP contribution is -2.26. The topological polar surface area (TPSA) is 38.3 Å². The summed E-state index contributed by atoms with van der Waals surface area (Å²) in [6.07, 6.45) is 6.39. The van der Waals surface area contributed by atoms with E-state index in [1.54, 1.807) is 7.11 Å². The molecule has 4 heteroatoms. The van der Waals surface area contributed by atoms with Gasteiger partial charge in [-0.15, -0.1) is 0 Å². The van der Waals surface area contributed by atoms with E-state index in [1.165, 1.54) is 11.1 Å². The van der Waals surface area contributed by atoms with Gasteiger partial charge < -0.3 is 9.46 Å². The molecular formula is C18H25NO2S. The zero-order chi connectivity index (χ0) is 16.3. The van der Waals surface area contributed by atoms with Crippen LogP contribution in [-0.4, -0.2) is 17.1 Å². The number of hydrogen-bond acceptors (Lipinski definition) is 2. The molecule has 0 saturated heterocycles. The quantitative estimate of drug-likeness (QED) is 0.839. The normalized spacial score (nSPS) is 21.9. The second-order valence-corrected chi connectivity index (χ2v) is 7.37. The maximum atomic E-state index is 12.2. The Morgan fingerprint density at radius 1 is 1.45 bits per heavy atom. The SMILES string of the molecule is COc1cc(C)cc2c1NS(=O)C[C@@H]2[C@H](C)/C=C/C=C(C)C. The number of benzene rings is 1. The van der Waals surface area contributed by atoms with Gasteiger partial charge in [-0.25, -0.2) is 4.21 Å². The van der Waals surface area contributed by atoms with Crippen molar-refractivity contribution in [2.45, 2.75) is 33.6 Å². The summed E-state index contributed by atoms with van der Waals surface area (Å²) in [6.45, 7) is 8.41. The Bertz CT molecular complexity index is 630. The molecule has 1 N–H and O–H groups in total. The summed E-state index contributed by atoms with van der Waals surface area (Å²) < 4.78 is 20.7. The Kier molecular flexibility index (Phi) is 5.46. The maximum absolute atomic E-state index is 12.2. The number of aryl methyl sites for hydroxylation is 1. The second kappa shape index (κ2) is 7.14. The van der Waals surface area contributed by atoms with Crippen LogP contribution in [0.5, 0.6) is 5.75 Å². The third-order valence-electron chi connectivity index (χ3n) is 3.92. The van der Waals surface area contributed by atoms with E-state index in [0.29, 0.717) is 11.7 Å². The predicted octanol–water partition coefficient (Wildman–Crippen LogP) is 4.33. The van der Waals surface area contributed by atoms with Gasteiger partial charge in [-0.3, -0.25) is 0 Å². The van der Waals surface area contributed by atoms with Gasteiger partial charge in [0.1, 0.15) is 16.7 Å². The highest BCUT2D eigenvalue weighted by Gasteiger charge is 2.30. The van der Waals surface area contributed by atoms with Crippen LogP contribution >= 0.6 is 0 Å². The minimum atomic E-state index is -1.06. The molecule has 0 saturated carbocycles. The Balaban J connectivity index is 2.39. The van der Waals surface area contributed by atoms with E-state index in [9.17, 15) is 4.21 Å². The number of methoxy groups -OCH3 is 1. The van der Waals surface area contributed by atoms with E-state index in [-0.39, 0.29) is 5.92 Å². The fourth-order valence-electron chi connectivity index (χ4n) is 2.74. The number of rotatable bonds is 4. The van der Waals surface area contributed by atoms with Crippen molar-refractivity contribution in [1.29, 1.82) is 0 Å². The molecule has 2 rings (SSSR count). The zero-order valence-corrected chi connectivity index (χ0v) is 14.8. The van der Waals surface area contributed by atoms with Gasteiger partial charge in [0.05, 0.1) is 18.6 Å². The van der Waals surface area contributed by atoms with Crippen molar-refractivity contribution in [1.82, 2.24) is 0 Å². The van der Waals surface area contributed by atoms with Crippen LogP contribution in [0.15, 0.2) is 35.9 Å². The van der Waals surface area contributed by atoms with Crippen molar-refractivity contribution < 1.29 is 8.95 Å². The molecule has 3 nitrogen and oxygen atoms in total. The number of allylic oxidation sites excluding steroid dienone is 4. The van der Waals surface area contributed by atoms with Crippen molar-refractivity contribution in [2.75, 3.05) is 17.6 Å². The van der Waals surface area contributed by atoms with Crippen LogP contribution in [0.2, 0.25) is 0 Å². The first-order chi connectivity index (χ1) is 10.4. The molecule has 1 aromatic carbocycles. The molecule has 0 radical (unpaired) electrons. The van der Waals surface area contributed by atoms with Gasteiger partial charge in [0.15, 0.2) is 0 Å². The first kappa shape index (κ1) is 16.8. The lowest BCUT2D eigenvalue weighted by atomic mass is 9.86. The van der Waals surface area contributed by atoms with Crippen LogP contribution < -0.4 is 9.46 Å². The average molecular weight is 319 g/mol. The van der Waals surface area contributed by atoms with Gasteiger partial charge in [-0.05, 0) is 43.9 Å². The molecule has 0 spiro atoms. The Morgan fingerprint density at radius 3 is 2.82 bits per heavy atom. The molecule has 1 aliphatic rings. The summed E-state index contributed by atoms with van der Waals surface area (Å²) in [5.74, 6) is 1.94. The summed E-state index contributed by atoms with van der Waals surface area (Å²) in [6, 6.07) is 4.16. The van der Waals surface area contributed by atoms with Crippen LogP contribution in [0.3, 0.4) is 0 Å². The minimum Gasteiger partial charge on any atom is -0.495 e. The van der Waals surface area contributed by atoms with Gasteiger partial charge in [0.25, 0.3) is 0 Å². The monoisotopic (exact) mass is 319 g/mol. The predicted molar refractivity (Wildman–Crippen MR) is 94.8 cm³/mol.